The molecule has 0 unspecified atom stereocenters. The highest BCUT2D eigenvalue weighted by Crippen LogP contribution is 2.21. The lowest BCUT2D eigenvalue weighted by atomic mass is 10.1. The van der Waals surface area contributed by atoms with Crippen molar-refractivity contribution in [2.24, 2.45) is 7.05 Å². The maximum atomic E-state index is 12.4. The van der Waals surface area contributed by atoms with Crippen LogP contribution in [0.3, 0.4) is 0 Å². The zero-order valence-electron chi connectivity index (χ0n) is 14.0. The van der Waals surface area contributed by atoms with Crippen LogP contribution in [0, 0.1) is 6.92 Å². The Hall–Kier alpha value is -1.88. The molecule has 5 heteroatoms. The lowest BCUT2D eigenvalue weighted by Gasteiger charge is -2.10. The number of ether oxygens (including phenoxy) is 1. The largest absolute Gasteiger partial charge is 0.378 e. The Morgan fingerprint density at radius 3 is 2.96 bits per heavy atom. The summed E-state index contributed by atoms with van der Waals surface area (Å²) >= 11 is 0. The van der Waals surface area contributed by atoms with Crippen molar-refractivity contribution in [3.8, 4) is 0 Å². The van der Waals surface area contributed by atoms with Crippen LogP contribution in [0.4, 0.5) is 0 Å². The molecule has 0 saturated heterocycles. The van der Waals surface area contributed by atoms with Crippen LogP contribution >= 0.6 is 0 Å². The van der Waals surface area contributed by atoms with Crippen LogP contribution in [0.1, 0.15) is 48.2 Å². The van der Waals surface area contributed by atoms with Gasteiger partial charge in [-0.1, -0.05) is 24.5 Å². The Morgan fingerprint density at radius 1 is 1.39 bits per heavy atom. The summed E-state index contributed by atoms with van der Waals surface area (Å²) in [5, 5.41) is 8.23. The second-order valence-corrected chi connectivity index (χ2v) is 6.38. The summed E-state index contributed by atoms with van der Waals surface area (Å²) in [6.45, 7) is 3.36. The number of hydrogen-bond donors (Lipinski definition) is 1. The molecular weight excluding hydrogens is 290 g/mol. The molecule has 1 heterocycles. The van der Waals surface area contributed by atoms with E-state index in [-0.39, 0.29) is 5.91 Å². The molecule has 1 fully saturated rings. The van der Waals surface area contributed by atoms with Crippen LogP contribution in [-0.2, 0) is 11.8 Å². The zero-order chi connectivity index (χ0) is 16.2. The summed E-state index contributed by atoms with van der Waals surface area (Å²) in [5.74, 6) is -0.109. The third-order valence-electron chi connectivity index (χ3n) is 4.48. The van der Waals surface area contributed by atoms with Gasteiger partial charge in [-0.25, -0.2) is 0 Å². The summed E-state index contributed by atoms with van der Waals surface area (Å²) in [4.78, 5) is 12.4. The molecule has 3 rings (SSSR count). The van der Waals surface area contributed by atoms with Gasteiger partial charge in [0.1, 0.15) is 0 Å². The van der Waals surface area contributed by atoms with Crippen molar-refractivity contribution in [1.29, 1.82) is 0 Å². The molecule has 1 aromatic heterocycles. The molecular formula is C18H25N3O2. The van der Waals surface area contributed by atoms with Gasteiger partial charge < -0.3 is 10.1 Å². The zero-order valence-corrected chi connectivity index (χ0v) is 14.0. The van der Waals surface area contributed by atoms with E-state index < -0.39 is 0 Å². The summed E-state index contributed by atoms with van der Waals surface area (Å²) in [6.07, 6.45) is 6.22. The van der Waals surface area contributed by atoms with Gasteiger partial charge in [0.15, 0.2) is 5.69 Å². The highest BCUT2D eigenvalue weighted by atomic mass is 16.5. The van der Waals surface area contributed by atoms with Crippen LogP contribution in [0.25, 0.3) is 10.9 Å². The minimum Gasteiger partial charge on any atom is -0.378 e. The van der Waals surface area contributed by atoms with E-state index in [2.05, 4.69) is 10.4 Å². The van der Waals surface area contributed by atoms with Gasteiger partial charge in [-0.2, -0.15) is 5.10 Å². The van der Waals surface area contributed by atoms with Crippen LogP contribution in [-0.4, -0.2) is 34.9 Å². The Bertz CT molecular complexity index is 687. The van der Waals surface area contributed by atoms with Crippen molar-refractivity contribution < 1.29 is 9.53 Å². The van der Waals surface area contributed by atoms with E-state index in [1.807, 2.05) is 32.2 Å². The van der Waals surface area contributed by atoms with Crippen molar-refractivity contribution in [2.75, 3.05) is 13.2 Å². The summed E-state index contributed by atoms with van der Waals surface area (Å²) < 4.78 is 7.57. The highest BCUT2D eigenvalue weighted by molar-refractivity contribution is 6.05. The first-order chi connectivity index (χ1) is 11.1. The third-order valence-corrected chi connectivity index (χ3v) is 4.48. The summed E-state index contributed by atoms with van der Waals surface area (Å²) in [6, 6.07) is 6.05. The van der Waals surface area contributed by atoms with Gasteiger partial charge in [-0.05, 0) is 38.3 Å². The Morgan fingerprint density at radius 2 is 2.17 bits per heavy atom. The fourth-order valence-corrected chi connectivity index (χ4v) is 3.21. The summed E-state index contributed by atoms with van der Waals surface area (Å²) in [5.41, 5.74) is 2.61. The van der Waals surface area contributed by atoms with E-state index in [1.54, 1.807) is 4.68 Å². The molecule has 1 N–H and O–H groups in total. The van der Waals surface area contributed by atoms with Crippen LogP contribution < -0.4 is 5.32 Å². The van der Waals surface area contributed by atoms with Gasteiger partial charge in [0.05, 0.1) is 11.6 Å². The maximum absolute atomic E-state index is 12.4. The molecule has 2 aromatic rings. The van der Waals surface area contributed by atoms with E-state index in [0.717, 1.165) is 22.9 Å². The minimum absolute atomic E-state index is 0.109. The van der Waals surface area contributed by atoms with E-state index in [1.165, 1.54) is 25.7 Å². The SMILES string of the molecule is Cc1ccc2c(c1)c(C(=O)NCCCOC1CCCC1)nn2C. The number of aryl methyl sites for hydroxylation is 2. The monoisotopic (exact) mass is 315 g/mol. The smallest absolute Gasteiger partial charge is 0.272 e. The van der Waals surface area contributed by atoms with E-state index >= 15 is 0 Å². The quantitative estimate of drug-likeness (QED) is 0.834. The fraction of sp³-hybridized carbons (Fsp3) is 0.556. The Labute approximate surface area is 137 Å². The predicted molar refractivity (Wildman–Crippen MR) is 90.6 cm³/mol. The van der Waals surface area contributed by atoms with Gasteiger partial charge >= 0.3 is 0 Å². The number of carbonyl (C=O) groups excluding carboxylic acids is 1. The number of fused-ring (bicyclic) bond motifs is 1. The number of amides is 1. The Kier molecular flexibility index (Phi) is 4.96. The predicted octanol–water partition coefficient (Wildman–Crippen LogP) is 2.96. The fourth-order valence-electron chi connectivity index (χ4n) is 3.21. The van der Waals surface area contributed by atoms with Gasteiger partial charge in [0, 0.05) is 25.6 Å². The number of aromatic nitrogens is 2. The van der Waals surface area contributed by atoms with Gasteiger partial charge in [-0.15, -0.1) is 0 Å². The molecule has 0 aliphatic heterocycles. The van der Waals surface area contributed by atoms with Crippen molar-refractivity contribution in [2.45, 2.75) is 45.1 Å². The topological polar surface area (TPSA) is 56.1 Å². The lowest BCUT2D eigenvalue weighted by Crippen LogP contribution is -2.26. The molecule has 1 aromatic carbocycles. The molecule has 124 valence electrons. The van der Waals surface area contributed by atoms with Crippen LogP contribution in [0.2, 0.25) is 0 Å². The maximum Gasteiger partial charge on any atom is 0.272 e. The van der Waals surface area contributed by atoms with Gasteiger partial charge in [0.25, 0.3) is 5.91 Å². The first-order valence-corrected chi connectivity index (χ1v) is 8.48. The molecule has 0 radical (unpaired) electrons. The second kappa shape index (κ2) is 7.13. The summed E-state index contributed by atoms with van der Waals surface area (Å²) in [7, 11) is 1.86. The lowest BCUT2D eigenvalue weighted by molar-refractivity contribution is 0.0565. The van der Waals surface area contributed by atoms with Crippen LogP contribution in [0.5, 0.6) is 0 Å². The highest BCUT2D eigenvalue weighted by Gasteiger charge is 2.16. The first-order valence-electron chi connectivity index (χ1n) is 8.48. The van der Waals surface area contributed by atoms with Crippen molar-refractivity contribution in [1.82, 2.24) is 15.1 Å². The number of carbonyl (C=O) groups is 1. The van der Waals surface area contributed by atoms with Crippen molar-refractivity contribution >= 4 is 16.8 Å². The number of rotatable bonds is 6. The van der Waals surface area contributed by atoms with Gasteiger partial charge in [0.2, 0.25) is 0 Å². The standard InChI is InChI=1S/C18H25N3O2/c1-13-8-9-16-15(12-13)17(20-21(16)2)18(22)19-10-5-11-23-14-6-3-4-7-14/h8-9,12,14H,3-7,10-11H2,1-2H3,(H,19,22). The van der Waals surface area contributed by atoms with E-state index in [9.17, 15) is 4.79 Å². The molecule has 0 bridgehead atoms. The third kappa shape index (κ3) is 3.72. The number of hydrogen-bond acceptors (Lipinski definition) is 3. The number of nitrogens with zero attached hydrogens (tertiary/aromatic N) is 2. The van der Waals surface area contributed by atoms with Crippen LogP contribution in [0.15, 0.2) is 18.2 Å². The molecule has 1 saturated carbocycles. The molecule has 1 amide bonds. The van der Waals surface area contributed by atoms with Gasteiger partial charge in [-0.3, -0.25) is 9.48 Å². The molecule has 1 aliphatic carbocycles. The minimum atomic E-state index is -0.109. The Balaban J connectivity index is 1.53. The molecule has 0 atom stereocenters. The van der Waals surface area contributed by atoms with E-state index in [4.69, 9.17) is 4.74 Å². The van der Waals surface area contributed by atoms with E-state index in [0.29, 0.717) is 24.9 Å². The number of nitrogens with one attached hydrogen (secondary N) is 1. The molecule has 5 nitrogen and oxygen atoms in total. The first kappa shape index (κ1) is 16.0. The average Bonchev–Trinajstić information content (AvgIpc) is 3.15. The van der Waals surface area contributed by atoms with Crippen molar-refractivity contribution in [3.05, 3.63) is 29.5 Å². The second-order valence-electron chi connectivity index (χ2n) is 6.38. The molecule has 23 heavy (non-hydrogen) atoms. The average molecular weight is 315 g/mol. The number of benzene rings is 1. The molecule has 1 aliphatic rings. The normalized spacial score (nSPS) is 15.4. The van der Waals surface area contributed by atoms with Crippen molar-refractivity contribution in [3.63, 3.8) is 0 Å². The molecule has 0 spiro atoms.